The van der Waals surface area contributed by atoms with E-state index in [2.05, 4.69) is 27.3 Å². The monoisotopic (exact) mass is 439 g/mol. The van der Waals surface area contributed by atoms with Gasteiger partial charge in [0.05, 0.1) is 18.0 Å². The number of allylic oxidation sites excluding steroid dienone is 1. The van der Waals surface area contributed by atoms with Crippen molar-refractivity contribution in [2.45, 2.75) is 20.8 Å². The van der Waals surface area contributed by atoms with Gasteiger partial charge in [0, 0.05) is 21.8 Å². The topological polar surface area (TPSA) is 56.1 Å². The van der Waals surface area contributed by atoms with E-state index >= 15 is 0 Å². The largest absolute Gasteiger partial charge is 0.463 e. The van der Waals surface area contributed by atoms with E-state index in [9.17, 15) is 4.79 Å². The molecule has 5 nitrogen and oxygen atoms in total. The average molecular weight is 440 g/mol. The lowest BCUT2D eigenvalue weighted by Crippen LogP contribution is -2.08. The number of anilines is 1. The van der Waals surface area contributed by atoms with Crippen molar-refractivity contribution < 1.29 is 9.53 Å². The van der Waals surface area contributed by atoms with Gasteiger partial charge in [0.25, 0.3) is 0 Å². The van der Waals surface area contributed by atoms with Gasteiger partial charge in [0.2, 0.25) is 0 Å². The molecule has 0 bridgehead atoms. The van der Waals surface area contributed by atoms with Crippen LogP contribution in [0, 0.1) is 6.92 Å². The van der Waals surface area contributed by atoms with E-state index in [4.69, 9.17) is 9.84 Å². The Kier molecular flexibility index (Phi) is 6.31. The maximum atomic E-state index is 11.8. The third-order valence-corrected chi connectivity index (χ3v) is 4.60. The number of esters is 1. The van der Waals surface area contributed by atoms with Crippen LogP contribution in [0.15, 0.2) is 70.8 Å². The number of rotatable bonds is 6. The minimum absolute atomic E-state index is 0.340. The second-order valence-electron chi connectivity index (χ2n) is 6.27. The highest BCUT2D eigenvalue weighted by molar-refractivity contribution is 9.10. The fraction of sp³-hybridized carbons (Fsp3) is 0.182. The Morgan fingerprint density at radius 3 is 2.64 bits per heavy atom. The minimum Gasteiger partial charge on any atom is -0.463 e. The van der Waals surface area contributed by atoms with Crippen molar-refractivity contribution in [2.75, 3.05) is 11.9 Å². The number of para-hydroxylation sites is 1. The van der Waals surface area contributed by atoms with Gasteiger partial charge in [-0.15, -0.1) is 0 Å². The van der Waals surface area contributed by atoms with Crippen LogP contribution in [0.25, 0.3) is 16.8 Å². The maximum Gasteiger partial charge on any atom is 0.332 e. The van der Waals surface area contributed by atoms with Gasteiger partial charge in [-0.3, -0.25) is 0 Å². The van der Waals surface area contributed by atoms with E-state index in [1.807, 2.05) is 67.1 Å². The average Bonchev–Trinajstić information content (AvgIpc) is 2.98. The molecule has 0 saturated heterocycles. The van der Waals surface area contributed by atoms with Gasteiger partial charge in [-0.05, 0) is 50.6 Å². The van der Waals surface area contributed by atoms with Crippen molar-refractivity contribution in [3.8, 4) is 16.8 Å². The van der Waals surface area contributed by atoms with Crippen molar-refractivity contribution in [3.63, 3.8) is 0 Å². The fourth-order valence-electron chi connectivity index (χ4n) is 2.97. The number of carbonyl (C=O) groups excluding carboxylic acids is 1. The maximum absolute atomic E-state index is 11.8. The number of aryl methyl sites for hydroxylation is 1. The Morgan fingerprint density at radius 1 is 1.21 bits per heavy atom. The number of carbonyl (C=O) groups is 1. The van der Waals surface area contributed by atoms with Crippen LogP contribution in [0.2, 0.25) is 0 Å². The van der Waals surface area contributed by atoms with Crippen molar-refractivity contribution in [1.29, 1.82) is 0 Å². The first-order chi connectivity index (χ1) is 13.5. The zero-order valence-electron chi connectivity index (χ0n) is 16.1. The second-order valence-corrected chi connectivity index (χ2v) is 7.19. The molecule has 1 heterocycles. The van der Waals surface area contributed by atoms with Gasteiger partial charge in [0.15, 0.2) is 0 Å². The summed E-state index contributed by atoms with van der Waals surface area (Å²) < 4.78 is 7.86. The SMILES string of the molecule is CCOC(=O)/C=C(\C)Nc1c(-c2cccc(Br)c2)c(C)nn1-c1ccccc1. The summed E-state index contributed by atoms with van der Waals surface area (Å²) in [4.78, 5) is 11.8. The number of ether oxygens (including phenoxy) is 1. The van der Waals surface area contributed by atoms with Gasteiger partial charge < -0.3 is 10.1 Å². The molecule has 3 rings (SSSR count). The molecule has 1 N–H and O–H groups in total. The Morgan fingerprint density at radius 2 is 1.96 bits per heavy atom. The summed E-state index contributed by atoms with van der Waals surface area (Å²) in [6, 6.07) is 18.0. The molecule has 0 fully saturated rings. The number of benzene rings is 2. The van der Waals surface area contributed by atoms with Crippen molar-refractivity contribution in [1.82, 2.24) is 9.78 Å². The smallest absolute Gasteiger partial charge is 0.332 e. The molecule has 6 heteroatoms. The van der Waals surface area contributed by atoms with Crippen LogP contribution in [0.1, 0.15) is 19.5 Å². The van der Waals surface area contributed by atoms with Crippen LogP contribution >= 0.6 is 15.9 Å². The number of nitrogens with one attached hydrogen (secondary N) is 1. The summed E-state index contributed by atoms with van der Waals surface area (Å²) in [6.07, 6.45) is 1.45. The molecule has 144 valence electrons. The number of nitrogens with zero attached hydrogens (tertiary/aromatic N) is 2. The molecule has 0 saturated carbocycles. The molecule has 0 aliphatic carbocycles. The Balaban J connectivity index is 2.12. The zero-order chi connectivity index (χ0) is 20.1. The van der Waals surface area contributed by atoms with E-state index in [0.29, 0.717) is 12.3 Å². The lowest BCUT2D eigenvalue weighted by molar-refractivity contribution is -0.137. The lowest BCUT2D eigenvalue weighted by atomic mass is 10.1. The molecule has 28 heavy (non-hydrogen) atoms. The number of hydrogen-bond acceptors (Lipinski definition) is 4. The van der Waals surface area contributed by atoms with Crippen LogP contribution < -0.4 is 5.32 Å². The molecule has 0 aliphatic heterocycles. The van der Waals surface area contributed by atoms with Gasteiger partial charge >= 0.3 is 5.97 Å². The summed E-state index contributed by atoms with van der Waals surface area (Å²) in [7, 11) is 0. The van der Waals surface area contributed by atoms with Gasteiger partial charge in [-0.2, -0.15) is 5.10 Å². The predicted molar refractivity (Wildman–Crippen MR) is 115 cm³/mol. The van der Waals surface area contributed by atoms with E-state index in [0.717, 1.165) is 32.8 Å². The first-order valence-electron chi connectivity index (χ1n) is 9.02. The van der Waals surface area contributed by atoms with Crippen LogP contribution in [0.3, 0.4) is 0 Å². The first kappa shape index (κ1) is 19.9. The highest BCUT2D eigenvalue weighted by Gasteiger charge is 2.19. The molecule has 0 amide bonds. The van der Waals surface area contributed by atoms with Gasteiger partial charge in [-0.1, -0.05) is 46.3 Å². The molecule has 0 unspecified atom stereocenters. The third kappa shape index (κ3) is 4.51. The molecular weight excluding hydrogens is 418 g/mol. The van der Waals surface area contributed by atoms with E-state index in [-0.39, 0.29) is 5.97 Å². The van der Waals surface area contributed by atoms with Crippen LogP contribution in [0.5, 0.6) is 0 Å². The lowest BCUT2D eigenvalue weighted by Gasteiger charge is -2.13. The fourth-order valence-corrected chi connectivity index (χ4v) is 3.37. The van der Waals surface area contributed by atoms with Crippen LogP contribution in [-0.2, 0) is 9.53 Å². The molecule has 0 atom stereocenters. The van der Waals surface area contributed by atoms with Gasteiger partial charge in [0.1, 0.15) is 5.82 Å². The minimum atomic E-state index is -0.376. The van der Waals surface area contributed by atoms with Crippen molar-refractivity contribution in [2.24, 2.45) is 0 Å². The molecule has 2 aromatic carbocycles. The molecular formula is C22H22BrN3O2. The van der Waals surface area contributed by atoms with Crippen molar-refractivity contribution >= 4 is 27.7 Å². The summed E-state index contributed by atoms with van der Waals surface area (Å²) in [5.41, 5.74) is 4.49. The summed E-state index contributed by atoms with van der Waals surface area (Å²) >= 11 is 3.54. The number of halogens is 1. The van der Waals surface area contributed by atoms with E-state index < -0.39 is 0 Å². The Labute approximate surface area is 173 Å². The molecule has 1 aromatic heterocycles. The number of aromatic nitrogens is 2. The van der Waals surface area contributed by atoms with Crippen molar-refractivity contribution in [3.05, 3.63) is 76.5 Å². The Hall–Kier alpha value is -2.86. The summed E-state index contributed by atoms with van der Waals surface area (Å²) in [5.74, 6) is 0.416. The normalized spacial score (nSPS) is 11.4. The molecule has 3 aromatic rings. The molecule has 0 spiro atoms. The molecule has 0 radical (unpaired) electrons. The Bertz CT molecular complexity index is 1010. The summed E-state index contributed by atoms with van der Waals surface area (Å²) in [5, 5.41) is 8.10. The quantitative estimate of drug-likeness (QED) is 0.407. The summed E-state index contributed by atoms with van der Waals surface area (Å²) in [6.45, 7) is 5.94. The first-order valence-corrected chi connectivity index (χ1v) is 9.82. The van der Waals surface area contributed by atoms with Gasteiger partial charge in [-0.25, -0.2) is 9.48 Å². The van der Waals surface area contributed by atoms with E-state index in [1.165, 1.54) is 6.08 Å². The highest BCUT2D eigenvalue weighted by Crippen LogP contribution is 2.35. The second kappa shape index (κ2) is 8.89. The third-order valence-electron chi connectivity index (χ3n) is 4.11. The van der Waals surface area contributed by atoms with Crippen LogP contribution in [-0.4, -0.2) is 22.4 Å². The van der Waals surface area contributed by atoms with Crippen LogP contribution in [0.4, 0.5) is 5.82 Å². The standard InChI is InChI=1S/C22H22BrN3O2/c1-4-28-20(27)13-15(2)24-22-21(17-9-8-10-18(23)14-17)16(3)25-26(22)19-11-6-5-7-12-19/h5-14,24H,4H2,1-3H3/b15-13+. The predicted octanol–water partition coefficient (Wildman–Crippen LogP) is 5.49. The number of hydrogen-bond donors (Lipinski definition) is 1. The zero-order valence-corrected chi connectivity index (χ0v) is 17.7. The van der Waals surface area contributed by atoms with E-state index in [1.54, 1.807) is 6.92 Å². The molecule has 0 aliphatic rings. The highest BCUT2D eigenvalue weighted by atomic mass is 79.9.